The van der Waals surface area contributed by atoms with Gasteiger partial charge < -0.3 is 0 Å². The fourth-order valence-electron chi connectivity index (χ4n) is 1.51. The number of aliphatic imine (C=N–C) groups is 1. The number of hydrogen-bond acceptors (Lipinski definition) is 1. The molecular formula is C13H15F2N. The van der Waals surface area contributed by atoms with Gasteiger partial charge >= 0.3 is 0 Å². The van der Waals surface area contributed by atoms with Crippen molar-refractivity contribution in [3.63, 3.8) is 0 Å². The van der Waals surface area contributed by atoms with Crippen molar-refractivity contribution in [2.75, 3.05) is 7.05 Å². The Balaban J connectivity index is 2.96. The Morgan fingerprint density at radius 1 is 1.31 bits per heavy atom. The van der Waals surface area contributed by atoms with Gasteiger partial charge in [0.2, 0.25) is 0 Å². The number of rotatable bonds is 4. The molecule has 1 rings (SSSR count). The summed E-state index contributed by atoms with van der Waals surface area (Å²) in [5, 5.41) is 0. The lowest BCUT2D eigenvalue weighted by atomic mass is 10.0. The maximum atomic E-state index is 13.5. The van der Waals surface area contributed by atoms with Crippen LogP contribution < -0.4 is 0 Å². The molecule has 0 spiro atoms. The van der Waals surface area contributed by atoms with Crippen LogP contribution in [0.2, 0.25) is 0 Å². The Morgan fingerprint density at radius 3 is 2.44 bits per heavy atom. The van der Waals surface area contributed by atoms with Crippen molar-refractivity contribution in [1.29, 1.82) is 0 Å². The number of nitrogens with zero attached hydrogens (tertiary/aromatic N) is 1. The van der Waals surface area contributed by atoms with E-state index in [2.05, 4.69) is 4.99 Å². The molecule has 86 valence electrons. The predicted molar refractivity (Wildman–Crippen MR) is 62.9 cm³/mol. The molecule has 0 heterocycles. The molecule has 0 aliphatic carbocycles. The van der Waals surface area contributed by atoms with Gasteiger partial charge in [0.1, 0.15) is 11.6 Å². The first-order valence-corrected chi connectivity index (χ1v) is 5.22. The lowest BCUT2D eigenvalue weighted by Crippen LogP contribution is -2.06. The van der Waals surface area contributed by atoms with Crippen molar-refractivity contribution >= 4 is 5.71 Å². The van der Waals surface area contributed by atoms with Crippen LogP contribution in [0, 0.1) is 11.6 Å². The summed E-state index contributed by atoms with van der Waals surface area (Å²) in [6.07, 6.45) is 5.13. The van der Waals surface area contributed by atoms with Crippen LogP contribution in [0.25, 0.3) is 0 Å². The molecular weight excluding hydrogens is 208 g/mol. The second-order valence-electron chi connectivity index (χ2n) is 3.37. The van der Waals surface area contributed by atoms with Gasteiger partial charge in [0.05, 0.1) is 5.56 Å². The minimum absolute atomic E-state index is 0.00509. The third-order valence-corrected chi connectivity index (χ3v) is 2.30. The first-order chi connectivity index (χ1) is 7.70. The van der Waals surface area contributed by atoms with E-state index in [1.54, 1.807) is 7.05 Å². The molecule has 16 heavy (non-hydrogen) atoms. The van der Waals surface area contributed by atoms with Gasteiger partial charge in [-0.1, -0.05) is 18.2 Å². The zero-order valence-electron chi connectivity index (χ0n) is 9.50. The fraction of sp³-hybridized carbons (Fsp3) is 0.308. The summed E-state index contributed by atoms with van der Waals surface area (Å²) in [4.78, 5) is 3.95. The highest BCUT2D eigenvalue weighted by molar-refractivity contribution is 6.01. The molecule has 0 atom stereocenters. The quantitative estimate of drug-likeness (QED) is 0.544. The van der Waals surface area contributed by atoms with Crippen molar-refractivity contribution in [3.8, 4) is 0 Å². The van der Waals surface area contributed by atoms with E-state index >= 15 is 0 Å². The van der Waals surface area contributed by atoms with Crippen molar-refractivity contribution in [1.82, 2.24) is 0 Å². The van der Waals surface area contributed by atoms with Crippen LogP contribution in [0.15, 0.2) is 35.3 Å². The lowest BCUT2D eigenvalue weighted by Gasteiger charge is -2.07. The van der Waals surface area contributed by atoms with E-state index in [0.29, 0.717) is 12.1 Å². The van der Waals surface area contributed by atoms with Crippen LogP contribution in [0.1, 0.15) is 25.3 Å². The molecule has 0 fully saturated rings. The van der Waals surface area contributed by atoms with E-state index in [1.807, 2.05) is 19.1 Å². The van der Waals surface area contributed by atoms with Gasteiger partial charge in [0, 0.05) is 12.8 Å². The lowest BCUT2D eigenvalue weighted by molar-refractivity contribution is 0.578. The Bertz CT molecular complexity index is 388. The van der Waals surface area contributed by atoms with E-state index in [-0.39, 0.29) is 5.56 Å². The molecule has 1 aromatic carbocycles. The Kier molecular flexibility index (Phi) is 4.83. The number of halogens is 2. The fourth-order valence-corrected chi connectivity index (χ4v) is 1.51. The minimum Gasteiger partial charge on any atom is -0.292 e. The largest absolute Gasteiger partial charge is 0.292 e. The molecule has 1 nitrogen and oxygen atoms in total. The Hall–Kier alpha value is -1.51. The summed E-state index contributed by atoms with van der Waals surface area (Å²) >= 11 is 0. The van der Waals surface area contributed by atoms with Gasteiger partial charge in [-0.3, -0.25) is 4.99 Å². The molecule has 0 unspecified atom stereocenters. The van der Waals surface area contributed by atoms with Gasteiger partial charge in [-0.2, -0.15) is 0 Å². The van der Waals surface area contributed by atoms with Crippen molar-refractivity contribution in [3.05, 3.63) is 47.5 Å². The topological polar surface area (TPSA) is 12.4 Å². The third kappa shape index (κ3) is 2.99. The molecule has 3 heteroatoms. The van der Waals surface area contributed by atoms with Gasteiger partial charge in [-0.05, 0) is 31.9 Å². The maximum Gasteiger partial charge on any atom is 0.135 e. The second kappa shape index (κ2) is 6.16. The molecule has 0 saturated carbocycles. The maximum absolute atomic E-state index is 13.5. The van der Waals surface area contributed by atoms with Crippen LogP contribution in [0.5, 0.6) is 0 Å². The van der Waals surface area contributed by atoms with E-state index < -0.39 is 11.6 Å². The average molecular weight is 223 g/mol. The van der Waals surface area contributed by atoms with Crippen LogP contribution in [-0.2, 0) is 0 Å². The summed E-state index contributed by atoms with van der Waals surface area (Å²) in [5.41, 5.74) is 0.461. The highest BCUT2D eigenvalue weighted by atomic mass is 19.1. The van der Waals surface area contributed by atoms with Gasteiger partial charge in [0.15, 0.2) is 0 Å². The number of benzene rings is 1. The summed E-state index contributed by atoms with van der Waals surface area (Å²) in [6, 6.07) is 3.85. The summed E-state index contributed by atoms with van der Waals surface area (Å²) in [5.74, 6) is -1.11. The van der Waals surface area contributed by atoms with E-state index in [0.717, 1.165) is 6.42 Å². The Morgan fingerprint density at radius 2 is 1.94 bits per heavy atom. The summed E-state index contributed by atoms with van der Waals surface area (Å²) < 4.78 is 26.9. The first-order valence-electron chi connectivity index (χ1n) is 5.22. The molecule has 0 aliphatic heterocycles. The summed E-state index contributed by atoms with van der Waals surface area (Å²) in [6.45, 7) is 1.91. The van der Waals surface area contributed by atoms with E-state index in [4.69, 9.17) is 0 Å². The SMILES string of the molecule is C/C=C\CCC(=NC)c1c(F)cccc1F. The van der Waals surface area contributed by atoms with E-state index in [9.17, 15) is 8.78 Å². The van der Waals surface area contributed by atoms with Gasteiger partial charge in [-0.25, -0.2) is 8.78 Å². The minimum atomic E-state index is -0.555. The third-order valence-electron chi connectivity index (χ3n) is 2.30. The summed E-state index contributed by atoms with van der Waals surface area (Å²) in [7, 11) is 1.55. The van der Waals surface area contributed by atoms with E-state index in [1.165, 1.54) is 18.2 Å². The average Bonchev–Trinajstić information content (AvgIpc) is 2.26. The monoisotopic (exact) mass is 223 g/mol. The molecule has 0 bridgehead atoms. The molecule has 1 aromatic rings. The molecule has 0 radical (unpaired) electrons. The molecule has 0 aliphatic rings. The van der Waals surface area contributed by atoms with Gasteiger partial charge in [-0.15, -0.1) is 0 Å². The highest BCUT2D eigenvalue weighted by Crippen LogP contribution is 2.16. The first kappa shape index (κ1) is 12.6. The van der Waals surface area contributed by atoms with Crippen molar-refractivity contribution < 1.29 is 8.78 Å². The normalized spacial score (nSPS) is 12.4. The smallest absolute Gasteiger partial charge is 0.135 e. The zero-order valence-corrected chi connectivity index (χ0v) is 9.50. The Labute approximate surface area is 94.5 Å². The number of allylic oxidation sites excluding steroid dienone is 2. The van der Waals surface area contributed by atoms with Crippen LogP contribution in [-0.4, -0.2) is 12.8 Å². The molecule has 0 saturated heterocycles. The molecule has 0 N–H and O–H groups in total. The van der Waals surface area contributed by atoms with Crippen LogP contribution in [0.3, 0.4) is 0 Å². The zero-order chi connectivity index (χ0) is 12.0. The van der Waals surface area contributed by atoms with Crippen LogP contribution in [0.4, 0.5) is 8.78 Å². The van der Waals surface area contributed by atoms with Crippen molar-refractivity contribution in [2.45, 2.75) is 19.8 Å². The van der Waals surface area contributed by atoms with Crippen LogP contribution >= 0.6 is 0 Å². The highest BCUT2D eigenvalue weighted by Gasteiger charge is 2.13. The predicted octanol–water partition coefficient (Wildman–Crippen LogP) is 3.74. The molecule has 0 aromatic heterocycles. The standard InChI is InChI=1S/C13H15F2N/c1-3-4-5-9-12(16-2)13-10(14)7-6-8-11(13)15/h3-4,6-8H,5,9H2,1-2H3/b4-3-,16-12?. The second-order valence-corrected chi connectivity index (χ2v) is 3.37. The number of hydrogen-bond donors (Lipinski definition) is 0. The van der Waals surface area contributed by atoms with Gasteiger partial charge in [0.25, 0.3) is 0 Å². The molecule has 0 amide bonds. The van der Waals surface area contributed by atoms with Crippen molar-refractivity contribution in [2.24, 2.45) is 4.99 Å².